The smallest absolute Gasteiger partial charge is 0.125 e. The molecule has 0 spiro atoms. The zero-order chi connectivity index (χ0) is 17.6. The zero-order valence-electron chi connectivity index (χ0n) is 15.6. The molecule has 2 aliphatic heterocycles. The predicted molar refractivity (Wildman–Crippen MR) is 105 cm³/mol. The van der Waals surface area contributed by atoms with E-state index in [0.717, 1.165) is 56.5 Å². The summed E-state index contributed by atoms with van der Waals surface area (Å²) in [4.78, 5) is 7.31. The van der Waals surface area contributed by atoms with E-state index in [0.29, 0.717) is 0 Å². The van der Waals surface area contributed by atoms with Crippen molar-refractivity contribution in [2.24, 2.45) is 0 Å². The molecule has 0 saturated carbocycles. The summed E-state index contributed by atoms with van der Waals surface area (Å²) in [5, 5.41) is 4.15. The third-order valence-electron chi connectivity index (χ3n) is 5.23. The molecule has 1 aromatic rings. The lowest BCUT2D eigenvalue weighted by molar-refractivity contribution is 0.145. The second-order valence-electron chi connectivity index (χ2n) is 7.13. The Morgan fingerprint density at radius 3 is 2.52 bits per heavy atom. The number of ether oxygens (including phenoxy) is 1. The summed E-state index contributed by atoms with van der Waals surface area (Å²) < 4.78 is 6.10. The number of halogens is 1. The standard InChI is InChI=1S/C19H31ClN4O/c1-16-18(24-7-4-21-5-8-24)14-17(20)15-19(16)25-13-3-6-23-11-9-22(2)10-12-23/h14-15,21H,3-13H2,1-2H3. The van der Waals surface area contributed by atoms with Gasteiger partial charge in [-0.15, -0.1) is 0 Å². The molecular weight excluding hydrogens is 336 g/mol. The number of rotatable bonds is 6. The number of piperazine rings is 2. The van der Waals surface area contributed by atoms with Gasteiger partial charge in [0.05, 0.1) is 6.61 Å². The maximum Gasteiger partial charge on any atom is 0.125 e. The van der Waals surface area contributed by atoms with Crippen molar-refractivity contribution in [1.82, 2.24) is 15.1 Å². The molecule has 0 aliphatic carbocycles. The molecule has 0 amide bonds. The molecule has 25 heavy (non-hydrogen) atoms. The second-order valence-corrected chi connectivity index (χ2v) is 7.57. The van der Waals surface area contributed by atoms with Gasteiger partial charge < -0.3 is 24.8 Å². The van der Waals surface area contributed by atoms with Crippen LogP contribution in [0, 0.1) is 6.92 Å². The molecule has 2 heterocycles. The number of benzene rings is 1. The van der Waals surface area contributed by atoms with Gasteiger partial charge in [0.1, 0.15) is 5.75 Å². The monoisotopic (exact) mass is 366 g/mol. The molecule has 0 atom stereocenters. The molecule has 1 aromatic carbocycles. The maximum atomic E-state index is 6.35. The number of likely N-dealkylation sites (N-methyl/N-ethyl adjacent to an activating group) is 1. The van der Waals surface area contributed by atoms with E-state index in [4.69, 9.17) is 16.3 Å². The van der Waals surface area contributed by atoms with Crippen molar-refractivity contribution in [3.05, 3.63) is 22.7 Å². The number of anilines is 1. The summed E-state index contributed by atoms with van der Waals surface area (Å²) >= 11 is 6.35. The van der Waals surface area contributed by atoms with E-state index >= 15 is 0 Å². The molecule has 1 N–H and O–H groups in total. The minimum atomic E-state index is 0.745. The van der Waals surface area contributed by atoms with Crippen LogP contribution in [-0.4, -0.2) is 82.4 Å². The molecule has 0 aromatic heterocycles. The molecule has 140 valence electrons. The van der Waals surface area contributed by atoms with Crippen molar-refractivity contribution in [2.45, 2.75) is 13.3 Å². The van der Waals surface area contributed by atoms with Crippen LogP contribution < -0.4 is 15.0 Å². The summed E-state index contributed by atoms with van der Waals surface area (Å²) in [5.74, 6) is 0.930. The largest absolute Gasteiger partial charge is 0.493 e. The lowest BCUT2D eigenvalue weighted by atomic mass is 10.1. The van der Waals surface area contributed by atoms with Crippen molar-refractivity contribution < 1.29 is 4.74 Å². The van der Waals surface area contributed by atoms with Gasteiger partial charge >= 0.3 is 0 Å². The molecule has 2 saturated heterocycles. The predicted octanol–water partition coefficient (Wildman–Crippen LogP) is 2.07. The van der Waals surface area contributed by atoms with Gasteiger partial charge in [0.15, 0.2) is 0 Å². The Balaban J connectivity index is 1.52. The highest BCUT2D eigenvalue weighted by Crippen LogP contribution is 2.33. The third-order valence-corrected chi connectivity index (χ3v) is 5.45. The van der Waals surface area contributed by atoms with Crippen LogP contribution in [0.2, 0.25) is 5.02 Å². The fourth-order valence-electron chi connectivity index (χ4n) is 3.57. The molecule has 3 rings (SSSR count). The summed E-state index contributed by atoms with van der Waals surface area (Å²) in [6.07, 6.45) is 1.05. The van der Waals surface area contributed by atoms with E-state index in [1.54, 1.807) is 0 Å². The van der Waals surface area contributed by atoms with E-state index in [9.17, 15) is 0 Å². The van der Waals surface area contributed by atoms with E-state index in [-0.39, 0.29) is 0 Å². The highest BCUT2D eigenvalue weighted by molar-refractivity contribution is 6.31. The SMILES string of the molecule is Cc1c(OCCCN2CCN(C)CC2)cc(Cl)cc1N1CCNCC1. The van der Waals surface area contributed by atoms with Gasteiger partial charge in [-0.1, -0.05) is 11.6 Å². The Morgan fingerprint density at radius 2 is 1.80 bits per heavy atom. The van der Waals surface area contributed by atoms with Crippen molar-refractivity contribution in [3.63, 3.8) is 0 Å². The van der Waals surface area contributed by atoms with Gasteiger partial charge in [0.2, 0.25) is 0 Å². The third kappa shape index (κ3) is 5.23. The Bertz CT molecular complexity index is 555. The van der Waals surface area contributed by atoms with E-state index < -0.39 is 0 Å². The summed E-state index contributed by atoms with van der Waals surface area (Å²) in [5.41, 5.74) is 2.41. The first-order chi connectivity index (χ1) is 12.1. The Hall–Kier alpha value is -1.01. The van der Waals surface area contributed by atoms with E-state index in [1.807, 2.05) is 6.07 Å². The molecule has 0 radical (unpaired) electrons. The van der Waals surface area contributed by atoms with Gasteiger partial charge in [-0.2, -0.15) is 0 Å². The minimum absolute atomic E-state index is 0.745. The first kappa shape index (κ1) is 18.8. The molecule has 6 heteroatoms. The second kappa shape index (κ2) is 9.08. The van der Waals surface area contributed by atoms with Crippen molar-refractivity contribution in [1.29, 1.82) is 0 Å². The zero-order valence-corrected chi connectivity index (χ0v) is 16.3. The average molecular weight is 367 g/mol. The van der Waals surface area contributed by atoms with Gasteiger partial charge in [0, 0.05) is 75.2 Å². The first-order valence-corrected chi connectivity index (χ1v) is 9.81. The fraction of sp³-hybridized carbons (Fsp3) is 0.684. The van der Waals surface area contributed by atoms with Crippen LogP contribution in [0.4, 0.5) is 5.69 Å². The molecule has 5 nitrogen and oxygen atoms in total. The normalized spacial score (nSPS) is 20.0. The lowest BCUT2D eigenvalue weighted by Crippen LogP contribution is -2.44. The topological polar surface area (TPSA) is 31.0 Å². The van der Waals surface area contributed by atoms with Crippen LogP contribution in [0.15, 0.2) is 12.1 Å². The summed E-state index contributed by atoms with van der Waals surface area (Å²) in [6, 6.07) is 4.03. The van der Waals surface area contributed by atoms with Crippen LogP contribution >= 0.6 is 11.6 Å². The highest BCUT2D eigenvalue weighted by Gasteiger charge is 2.17. The fourth-order valence-corrected chi connectivity index (χ4v) is 3.77. The Kier molecular flexibility index (Phi) is 6.82. The van der Waals surface area contributed by atoms with Crippen LogP contribution in [0.25, 0.3) is 0 Å². The summed E-state index contributed by atoms with van der Waals surface area (Å²) in [6.45, 7) is 12.7. The van der Waals surface area contributed by atoms with Crippen LogP contribution in [0.5, 0.6) is 5.75 Å². The van der Waals surface area contributed by atoms with E-state index in [1.165, 1.54) is 37.4 Å². The molecule has 2 fully saturated rings. The van der Waals surface area contributed by atoms with Crippen molar-refractivity contribution >= 4 is 17.3 Å². The molecule has 0 unspecified atom stereocenters. The van der Waals surface area contributed by atoms with Gasteiger partial charge in [-0.05, 0) is 32.5 Å². The number of hydrogen-bond donors (Lipinski definition) is 1. The van der Waals surface area contributed by atoms with Crippen LogP contribution in [-0.2, 0) is 0 Å². The molecular formula is C19H31ClN4O. The number of nitrogens with one attached hydrogen (secondary N) is 1. The quantitative estimate of drug-likeness (QED) is 0.779. The highest BCUT2D eigenvalue weighted by atomic mass is 35.5. The Labute approximate surface area is 156 Å². The minimum Gasteiger partial charge on any atom is -0.493 e. The molecule has 2 aliphatic rings. The van der Waals surface area contributed by atoms with Crippen LogP contribution in [0.1, 0.15) is 12.0 Å². The number of hydrogen-bond acceptors (Lipinski definition) is 5. The number of nitrogens with zero attached hydrogens (tertiary/aromatic N) is 3. The van der Waals surface area contributed by atoms with Gasteiger partial charge in [-0.3, -0.25) is 0 Å². The van der Waals surface area contributed by atoms with Gasteiger partial charge in [0.25, 0.3) is 0 Å². The van der Waals surface area contributed by atoms with Crippen molar-refractivity contribution in [3.8, 4) is 5.75 Å². The van der Waals surface area contributed by atoms with Crippen molar-refractivity contribution in [2.75, 3.05) is 77.5 Å². The Morgan fingerprint density at radius 1 is 1.08 bits per heavy atom. The summed E-state index contributed by atoms with van der Waals surface area (Å²) in [7, 11) is 2.19. The first-order valence-electron chi connectivity index (χ1n) is 9.43. The van der Waals surface area contributed by atoms with E-state index in [2.05, 4.69) is 40.1 Å². The van der Waals surface area contributed by atoms with Crippen LogP contribution in [0.3, 0.4) is 0 Å². The average Bonchev–Trinajstić information content (AvgIpc) is 2.63. The van der Waals surface area contributed by atoms with Gasteiger partial charge in [-0.25, -0.2) is 0 Å². The molecule has 0 bridgehead atoms. The lowest BCUT2D eigenvalue weighted by Gasteiger charge is -2.32. The maximum absolute atomic E-state index is 6.35.